The molecule has 0 bridgehead atoms. The highest BCUT2D eigenvalue weighted by molar-refractivity contribution is 6.06. The molecule has 2 aromatic rings. The second-order valence-corrected chi connectivity index (χ2v) is 5.56. The molecule has 0 spiro atoms. The Labute approximate surface area is 129 Å². The van der Waals surface area contributed by atoms with Crippen molar-refractivity contribution in [2.24, 2.45) is 0 Å². The van der Waals surface area contributed by atoms with Crippen LogP contribution in [0.1, 0.15) is 23.7 Å². The topological polar surface area (TPSA) is 53.5 Å². The van der Waals surface area contributed by atoms with Gasteiger partial charge in [-0.3, -0.25) is 14.6 Å². The molecule has 1 aliphatic heterocycles. The van der Waals surface area contributed by atoms with Crippen LogP contribution in [0, 0.1) is 0 Å². The minimum atomic E-state index is -0.00491. The summed E-state index contributed by atoms with van der Waals surface area (Å²) in [5, 5.41) is 1.89. The molecule has 114 valence electrons. The van der Waals surface area contributed by atoms with Crippen LogP contribution in [0.25, 0.3) is 10.8 Å². The lowest BCUT2D eigenvalue weighted by molar-refractivity contribution is -0.128. The number of fused-ring (bicyclic) bond motifs is 1. The lowest BCUT2D eigenvalue weighted by Gasteiger charge is -2.22. The van der Waals surface area contributed by atoms with Gasteiger partial charge in [-0.15, -0.1) is 0 Å². The summed E-state index contributed by atoms with van der Waals surface area (Å²) < 4.78 is 0. The van der Waals surface area contributed by atoms with Gasteiger partial charge in [0.05, 0.1) is 5.56 Å². The number of benzene rings is 1. The highest BCUT2D eigenvalue weighted by Gasteiger charge is 2.22. The molecule has 5 heteroatoms. The predicted molar refractivity (Wildman–Crippen MR) is 84.5 cm³/mol. The van der Waals surface area contributed by atoms with E-state index in [4.69, 9.17) is 0 Å². The van der Waals surface area contributed by atoms with Gasteiger partial charge >= 0.3 is 0 Å². The van der Waals surface area contributed by atoms with Crippen LogP contribution in [0.4, 0.5) is 0 Å². The molecule has 0 aliphatic carbocycles. The molecule has 5 nitrogen and oxygen atoms in total. The fourth-order valence-electron chi connectivity index (χ4n) is 2.89. The van der Waals surface area contributed by atoms with Crippen molar-refractivity contribution in [2.45, 2.75) is 13.3 Å². The van der Waals surface area contributed by atoms with Crippen LogP contribution in [-0.2, 0) is 4.79 Å². The van der Waals surface area contributed by atoms with Crippen molar-refractivity contribution in [3.8, 4) is 0 Å². The van der Waals surface area contributed by atoms with Crippen LogP contribution in [0.5, 0.6) is 0 Å². The molecule has 0 atom stereocenters. The summed E-state index contributed by atoms with van der Waals surface area (Å²) in [6.07, 6.45) is 4.22. The molecule has 0 N–H and O–H groups in total. The van der Waals surface area contributed by atoms with E-state index in [2.05, 4.69) is 4.98 Å². The van der Waals surface area contributed by atoms with Gasteiger partial charge in [-0.05, 0) is 11.8 Å². The number of aromatic nitrogens is 1. The minimum Gasteiger partial charge on any atom is -0.341 e. The van der Waals surface area contributed by atoms with Gasteiger partial charge in [0, 0.05) is 50.9 Å². The minimum absolute atomic E-state index is 0.00491. The molecule has 1 saturated heterocycles. The molecule has 1 fully saturated rings. The molecule has 2 amide bonds. The summed E-state index contributed by atoms with van der Waals surface area (Å²) in [4.78, 5) is 32.1. The molecule has 1 aromatic carbocycles. The van der Waals surface area contributed by atoms with Crippen LogP contribution in [0.2, 0.25) is 0 Å². The number of nitrogens with zero attached hydrogens (tertiary/aromatic N) is 3. The van der Waals surface area contributed by atoms with E-state index in [1.165, 1.54) is 0 Å². The van der Waals surface area contributed by atoms with Gasteiger partial charge in [0.25, 0.3) is 5.91 Å². The fraction of sp³-hybridized carbons (Fsp3) is 0.353. The number of rotatable bonds is 1. The van der Waals surface area contributed by atoms with Gasteiger partial charge in [-0.1, -0.05) is 24.3 Å². The van der Waals surface area contributed by atoms with E-state index in [0.29, 0.717) is 31.7 Å². The highest BCUT2D eigenvalue weighted by atomic mass is 16.2. The molecule has 0 saturated carbocycles. The van der Waals surface area contributed by atoms with Gasteiger partial charge in [-0.2, -0.15) is 0 Å². The third kappa shape index (κ3) is 2.79. The van der Waals surface area contributed by atoms with Crippen molar-refractivity contribution in [1.82, 2.24) is 14.8 Å². The van der Waals surface area contributed by atoms with Crippen molar-refractivity contribution >= 4 is 22.6 Å². The largest absolute Gasteiger partial charge is 0.341 e. The standard InChI is InChI=1S/C17H19N3O2/c1-13(21)19-7-4-8-20(10-9-19)17(22)16-12-18-11-14-5-2-3-6-15(14)16/h2-3,5-6,11-12H,4,7-10H2,1H3. The molecule has 2 heterocycles. The second kappa shape index (κ2) is 6.13. The number of hydrogen-bond acceptors (Lipinski definition) is 3. The van der Waals surface area contributed by atoms with Crippen molar-refractivity contribution in [1.29, 1.82) is 0 Å². The van der Waals surface area contributed by atoms with Crippen molar-refractivity contribution in [2.75, 3.05) is 26.2 Å². The Morgan fingerprint density at radius 3 is 2.55 bits per heavy atom. The average Bonchev–Trinajstić information content (AvgIpc) is 2.80. The maximum Gasteiger partial charge on any atom is 0.256 e. The molecule has 0 unspecified atom stereocenters. The van der Waals surface area contributed by atoms with Crippen LogP contribution in [-0.4, -0.2) is 52.8 Å². The van der Waals surface area contributed by atoms with Gasteiger partial charge in [0.15, 0.2) is 0 Å². The highest BCUT2D eigenvalue weighted by Crippen LogP contribution is 2.19. The Hall–Kier alpha value is -2.43. The van der Waals surface area contributed by atoms with Gasteiger partial charge < -0.3 is 9.80 Å². The van der Waals surface area contributed by atoms with Gasteiger partial charge in [-0.25, -0.2) is 0 Å². The van der Waals surface area contributed by atoms with E-state index in [0.717, 1.165) is 17.2 Å². The summed E-state index contributed by atoms with van der Waals surface area (Å²) >= 11 is 0. The van der Waals surface area contributed by atoms with Crippen LogP contribution in [0.3, 0.4) is 0 Å². The SMILES string of the molecule is CC(=O)N1CCCN(C(=O)c2cncc3ccccc23)CC1. The first kappa shape index (κ1) is 14.5. The van der Waals surface area contributed by atoms with E-state index >= 15 is 0 Å². The van der Waals surface area contributed by atoms with Crippen molar-refractivity contribution in [3.05, 3.63) is 42.2 Å². The van der Waals surface area contributed by atoms with Crippen LogP contribution >= 0.6 is 0 Å². The summed E-state index contributed by atoms with van der Waals surface area (Å²) in [7, 11) is 0. The molecule has 1 aromatic heterocycles. The number of carbonyl (C=O) groups excluding carboxylic acids is 2. The Bertz CT molecular complexity index is 709. The van der Waals surface area contributed by atoms with E-state index in [9.17, 15) is 9.59 Å². The molecular weight excluding hydrogens is 278 g/mol. The summed E-state index contributed by atoms with van der Waals surface area (Å²) in [5.74, 6) is 0.0656. The lowest BCUT2D eigenvalue weighted by Crippen LogP contribution is -2.36. The summed E-state index contributed by atoms with van der Waals surface area (Å²) in [5.41, 5.74) is 0.634. The van der Waals surface area contributed by atoms with Crippen molar-refractivity contribution < 1.29 is 9.59 Å². The van der Waals surface area contributed by atoms with E-state index < -0.39 is 0 Å². The molecule has 1 aliphatic rings. The quantitative estimate of drug-likeness (QED) is 0.808. The smallest absolute Gasteiger partial charge is 0.256 e. The summed E-state index contributed by atoms with van der Waals surface area (Å²) in [6.45, 7) is 4.13. The molecule has 3 rings (SSSR count). The maximum absolute atomic E-state index is 12.8. The first-order valence-corrected chi connectivity index (χ1v) is 7.54. The zero-order valence-corrected chi connectivity index (χ0v) is 12.7. The van der Waals surface area contributed by atoms with Crippen LogP contribution < -0.4 is 0 Å². The third-order valence-corrected chi connectivity index (χ3v) is 4.13. The monoisotopic (exact) mass is 297 g/mol. The Kier molecular flexibility index (Phi) is 4.04. The number of pyridine rings is 1. The Morgan fingerprint density at radius 2 is 1.73 bits per heavy atom. The predicted octanol–water partition coefficient (Wildman–Crippen LogP) is 1.93. The average molecular weight is 297 g/mol. The number of amides is 2. The maximum atomic E-state index is 12.8. The summed E-state index contributed by atoms with van der Waals surface area (Å²) in [6, 6.07) is 7.77. The zero-order valence-electron chi connectivity index (χ0n) is 12.7. The number of carbonyl (C=O) groups is 2. The van der Waals surface area contributed by atoms with Gasteiger partial charge in [0.1, 0.15) is 0 Å². The molecule has 0 radical (unpaired) electrons. The first-order valence-electron chi connectivity index (χ1n) is 7.54. The first-order chi connectivity index (χ1) is 10.7. The third-order valence-electron chi connectivity index (χ3n) is 4.13. The fourth-order valence-corrected chi connectivity index (χ4v) is 2.89. The zero-order chi connectivity index (χ0) is 15.5. The molecule has 22 heavy (non-hydrogen) atoms. The normalized spacial score (nSPS) is 15.7. The molecular formula is C17H19N3O2. The lowest BCUT2D eigenvalue weighted by atomic mass is 10.1. The Morgan fingerprint density at radius 1 is 1.00 bits per heavy atom. The van der Waals surface area contributed by atoms with Gasteiger partial charge in [0.2, 0.25) is 5.91 Å². The van der Waals surface area contributed by atoms with Crippen molar-refractivity contribution in [3.63, 3.8) is 0 Å². The van der Waals surface area contributed by atoms with E-state index in [1.807, 2.05) is 29.2 Å². The second-order valence-electron chi connectivity index (χ2n) is 5.56. The Balaban J connectivity index is 1.85. The van der Waals surface area contributed by atoms with E-state index in [1.54, 1.807) is 24.2 Å². The van der Waals surface area contributed by atoms with Crippen LogP contribution in [0.15, 0.2) is 36.7 Å². The number of hydrogen-bond donors (Lipinski definition) is 0. The van der Waals surface area contributed by atoms with E-state index in [-0.39, 0.29) is 11.8 Å².